The standard InChI is InChI=1S/C20H14F4N4O3S/c21-9-1-2-11(13(22)5-9)17-25-26-18(32-17)12-7-28-10-3-4-20(23,24)8-27(6-10)19(31)14(28)16(30)15(12)29/h1-2,5,7,10,30H,3-4,6,8H2. The highest BCUT2D eigenvalue weighted by Crippen LogP contribution is 2.38. The number of carbonyl (C=O) groups excluding carboxylic acids is 1. The number of pyridine rings is 1. The molecule has 5 rings (SSSR count). The smallest absolute Gasteiger partial charge is 0.274 e. The van der Waals surface area contributed by atoms with Crippen molar-refractivity contribution in [1.82, 2.24) is 19.7 Å². The van der Waals surface area contributed by atoms with E-state index < -0.39 is 53.6 Å². The molecule has 1 saturated heterocycles. The SMILES string of the molecule is O=C1c2c(O)c(=O)c(-c3nnc(-c4ccc(F)cc4F)s3)cn2C2CCC(F)(F)CN1C2. The summed E-state index contributed by atoms with van der Waals surface area (Å²) in [6.45, 7) is -0.758. The molecule has 1 atom stereocenters. The first kappa shape index (κ1) is 20.6. The van der Waals surface area contributed by atoms with Crippen molar-refractivity contribution in [3.63, 3.8) is 0 Å². The lowest BCUT2D eigenvalue weighted by Gasteiger charge is -2.34. The Bertz CT molecular complexity index is 1320. The van der Waals surface area contributed by atoms with E-state index in [1.807, 2.05) is 0 Å². The fraction of sp³-hybridized carbons (Fsp3) is 0.300. The lowest BCUT2D eigenvalue weighted by molar-refractivity contribution is -0.0258. The normalized spacial score (nSPS) is 19.6. The van der Waals surface area contributed by atoms with Crippen LogP contribution in [0.25, 0.3) is 21.1 Å². The maximum absolute atomic E-state index is 14.1. The molecule has 2 aromatic heterocycles. The highest BCUT2D eigenvalue weighted by Gasteiger charge is 2.44. The second-order valence-corrected chi connectivity index (χ2v) is 8.72. The van der Waals surface area contributed by atoms with E-state index in [4.69, 9.17) is 0 Å². The Morgan fingerprint density at radius 2 is 1.84 bits per heavy atom. The minimum atomic E-state index is -3.07. The van der Waals surface area contributed by atoms with Gasteiger partial charge in [0.25, 0.3) is 11.8 Å². The number of amides is 1. The second kappa shape index (κ2) is 7.12. The zero-order valence-electron chi connectivity index (χ0n) is 16.2. The van der Waals surface area contributed by atoms with Crippen molar-refractivity contribution in [2.75, 3.05) is 13.1 Å². The molecule has 12 heteroatoms. The van der Waals surface area contributed by atoms with E-state index in [-0.39, 0.29) is 39.8 Å². The molecule has 4 heterocycles. The largest absolute Gasteiger partial charge is 0.503 e. The first-order valence-corrected chi connectivity index (χ1v) is 10.4. The van der Waals surface area contributed by atoms with Crippen LogP contribution in [0.4, 0.5) is 17.6 Å². The zero-order valence-corrected chi connectivity index (χ0v) is 17.0. The Labute approximate surface area is 181 Å². The zero-order chi connectivity index (χ0) is 22.8. The first-order valence-electron chi connectivity index (χ1n) is 9.59. The van der Waals surface area contributed by atoms with Crippen LogP contribution in [-0.2, 0) is 0 Å². The van der Waals surface area contributed by atoms with Crippen LogP contribution in [0.15, 0.2) is 29.2 Å². The number of rotatable bonds is 2. The molecule has 0 spiro atoms. The molecule has 0 saturated carbocycles. The number of carbonyl (C=O) groups is 1. The van der Waals surface area contributed by atoms with E-state index in [0.717, 1.165) is 22.3 Å². The molecule has 2 aliphatic heterocycles. The Hall–Kier alpha value is -3.28. The molecule has 166 valence electrons. The predicted octanol–water partition coefficient (Wildman–Crippen LogP) is 3.44. The Balaban J connectivity index is 1.61. The van der Waals surface area contributed by atoms with E-state index in [1.165, 1.54) is 16.8 Å². The number of aromatic hydroxyl groups is 1. The molecule has 1 N–H and O–H groups in total. The quantitative estimate of drug-likeness (QED) is 0.585. The Morgan fingerprint density at radius 3 is 2.56 bits per heavy atom. The van der Waals surface area contributed by atoms with Gasteiger partial charge in [-0.2, -0.15) is 0 Å². The summed E-state index contributed by atoms with van der Waals surface area (Å²) in [5.74, 6) is -6.41. The van der Waals surface area contributed by atoms with Crippen molar-refractivity contribution in [2.24, 2.45) is 0 Å². The van der Waals surface area contributed by atoms with Crippen LogP contribution in [0.5, 0.6) is 5.75 Å². The lowest BCUT2D eigenvalue weighted by atomic mass is 10.1. The van der Waals surface area contributed by atoms with Crippen molar-refractivity contribution < 1.29 is 27.5 Å². The van der Waals surface area contributed by atoms with Crippen molar-refractivity contribution >= 4 is 17.2 Å². The van der Waals surface area contributed by atoms with Crippen molar-refractivity contribution in [1.29, 1.82) is 0 Å². The van der Waals surface area contributed by atoms with Gasteiger partial charge in [-0.25, -0.2) is 17.6 Å². The maximum atomic E-state index is 14.1. The van der Waals surface area contributed by atoms with Crippen molar-refractivity contribution in [3.05, 3.63) is 51.9 Å². The van der Waals surface area contributed by atoms with Crippen molar-refractivity contribution in [3.8, 4) is 26.9 Å². The van der Waals surface area contributed by atoms with Crippen molar-refractivity contribution in [2.45, 2.75) is 24.8 Å². The average molecular weight is 466 g/mol. The summed E-state index contributed by atoms with van der Waals surface area (Å²) in [5.41, 5.74) is -1.38. The third-order valence-electron chi connectivity index (χ3n) is 5.61. The number of hydrogen-bond donors (Lipinski definition) is 1. The molecule has 2 bridgehead atoms. The number of fused-ring (bicyclic) bond motifs is 4. The van der Waals surface area contributed by atoms with Crippen LogP contribution in [0.1, 0.15) is 29.4 Å². The summed E-state index contributed by atoms with van der Waals surface area (Å²) in [4.78, 5) is 26.5. The maximum Gasteiger partial charge on any atom is 0.274 e. The summed E-state index contributed by atoms with van der Waals surface area (Å²) in [7, 11) is 0. The molecule has 32 heavy (non-hydrogen) atoms. The summed E-state index contributed by atoms with van der Waals surface area (Å²) < 4.78 is 56.7. The molecule has 0 radical (unpaired) electrons. The summed E-state index contributed by atoms with van der Waals surface area (Å²) in [5, 5.41) is 18.4. The number of hydrogen-bond acceptors (Lipinski definition) is 6. The minimum Gasteiger partial charge on any atom is -0.503 e. The summed E-state index contributed by atoms with van der Waals surface area (Å²) >= 11 is 0.836. The molecule has 1 unspecified atom stereocenters. The van der Waals surface area contributed by atoms with Gasteiger partial charge < -0.3 is 14.6 Å². The van der Waals surface area contributed by atoms with Crippen LogP contribution in [-0.4, -0.2) is 49.7 Å². The van der Waals surface area contributed by atoms with Gasteiger partial charge in [-0.05, 0) is 18.6 Å². The lowest BCUT2D eigenvalue weighted by Crippen LogP contribution is -2.46. The molecule has 3 aromatic rings. The van der Waals surface area contributed by atoms with Crippen LogP contribution in [0.3, 0.4) is 0 Å². The Kier molecular flexibility index (Phi) is 4.59. The van der Waals surface area contributed by atoms with Gasteiger partial charge in [0, 0.05) is 30.8 Å². The third-order valence-corrected chi connectivity index (χ3v) is 6.60. The first-order chi connectivity index (χ1) is 15.1. The monoisotopic (exact) mass is 466 g/mol. The van der Waals surface area contributed by atoms with E-state index in [9.17, 15) is 32.3 Å². The Morgan fingerprint density at radius 1 is 1.12 bits per heavy atom. The number of halogens is 4. The predicted molar refractivity (Wildman–Crippen MR) is 106 cm³/mol. The summed E-state index contributed by atoms with van der Waals surface area (Å²) in [6.07, 6.45) is 0.885. The van der Waals surface area contributed by atoms with Gasteiger partial charge in [0.05, 0.1) is 18.2 Å². The highest BCUT2D eigenvalue weighted by molar-refractivity contribution is 7.17. The van der Waals surface area contributed by atoms with Gasteiger partial charge in [0.1, 0.15) is 11.6 Å². The van der Waals surface area contributed by atoms with Gasteiger partial charge in [-0.1, -0.05) is 11.3 Å². The number of aromatic nitrogens is 3. The van der Waals surface area contributed by atoms with E-state index in [2.05, 4.69) is 10.2 Å². The van der Waals surface area contributed by atoms with Gasteiger partial charge in [-0.3, -0.25) is 9.59 Å². The minimum absolute atomic E-state index is 0.0192. The fourth-order valence-electron chi connectivity index (χ4n) is 4.05. The number of nitrogens with zero attached hydrogens (tertiary/aromatic N) is 4. The fourth-order valence-corrected chi connectivity index (χ4v) is 4.93. The molecule has 1 fully saturated rings. The second-order valence-electron chi connectivity index (χ2n) is 7.75. The number of alkyl halides is 2. The van der Waals surface area contributed by atoms with E-state index >= 15 is 0 Å². The highest BCUT2D eigenvalue weighted by atomic mass is 32.1. The van der Waals surface area contributed by atoms with E-state index in [0.29, 0.717) is 6.07 Å². The molecule has 2 aliphatic rings. The number of benzene rings is 1. The van der Waals surface area contributed by atoms with Gasteiger partial charge >= 0.3 is 0 Å². The van der Waals surface area contributed by atoms with Crippen LogP contribution in [0, 0.1) is 11.6 Å². The molecular weight excluding hydrogens is 452 g/mol. The van der Waals surface area contributed by atoms with Crippen LogP contribution in [0.2, 0.25) is 0 Å². The van der Waals surface area contributed by atoms with Gasteiger partial charge in [0.15, 0.2) is 21.5 Å². The molecule has 1 aromatic carbocycles. The molecular formula is C20H14F4N4O3S. The third kappa shape index (κ3) is 3.25. The topological polar surface area (TPSA) is 88.3 Å². The van der Waals surface area contributed by atoms with Gasteiger partial charge in [0.2, 0.25) is 5.43 Å². The molecule has 1 amide bonds. The van der Waals surface area contributed by atoms with Crippen LogP contribution < -0.4 is 5.43 Å². The van der Waals surface area contributed by atoms with Crippen LogP contribution >= 0.6 is 11.3 Å². The average Bonchev–Trinajstić information content (AvgIpc) is 3.15. The molecule has 7 nitrogen and oxygen atoms in total. The van der Waals surface area contributed by atoms with Gasteiger partial charge in [-0.15, -0.1) is 10.2 Å². The van der Waals surface area contributed by atoms with E-state index in [1.54, 1.807) is 0 Å². The molecule has 0 aliphatic carbocycles. The summed E-state index contributed by atoms with van der Waals surface area (Å²) in [6, 6.07) is 2.36.